The summed E-state index contributed by atoms with van der Waals surface area (Å²) in [5.41, 5.74) is 2.28. The first-order valence-corrected chi connectivity index (χ1v) is 9.43. The Balaban J connectivity index is 1.90. The average Bonchev–Trinajstić information content (AvgIpc) is 3.03. The number of rotatable bonds is 5. The minimum Gasteiger partial charge on any atom is -0.479 e. The third-order valence-corrected chi connectivity index (χ3v) is 4.72. The van der Waals surface area contributed by atoms with Crippen molar-refractivity contribution in [1.29, 1.82) is 0 Å². The topological polar surface area (TPSA) is 68.7 Å². The van der Waals surface area contributed by atoms with Gasteiger partial charge in [0.2, 0.25) is 0 Å². The van der Waals surface area contributed by atoms with Gasteiger partial charge < -0.3 is 9.47 Å². The average molecular weight is 374 g/mol. The molecule has 1 atom stereocenters. The van der Waals surface area contributed by atoms with Crippen molar-refractivity contribution in [2.24, 2.45) is 5.92 Å². The van der Waals surface area contributed by atoms with E-state index in [1.165, 1.54) is 4.90 Å². The lowest BCUT2D eigenvalue weighted by atomic mass is 10.1. The summed E-state index contributed by atoms with van der Waals surface area (Å²) in [6, 6.07) is 5.56. The number of aryl methyl sites for hydroxylation is 1. The van der Waals surface area contributed by atoms with Crippen LogP contribution >= 0.6 is 11.3 Å². The van der Waals surface area contributed by atoms with Crippen LogP contribution in [0.3, 0.4) is 0 Å². The van der Waals surface area contributed by atoms with E-state index in [1.54, 1.807) is 18.3 Å². The highest BCUT2D eigenvalue weighted by Gasteiger charge is 2.33. The van der Waals surface area contributed by atoms with Crippen LogP contribution in [0.5, 0.6) is 5.75 Å². The number of carbonyl (C=O) groups is 2. The molecule has 1 aliphatic heterocycles. The number of carbonyl (C=O) groups excluding carboxylic acids is 2. The van der Waals surface area contributed by atoms with Gasteiger partial charge >= 0.3 is 5.97 Å². The van der Waals surface area contributed by atoms with Gasteiger partial charge in [0.15, 0.2) is 6.10 Å². The largest absolute Gasteiger partial charge is 0.479 e. The number of hydrogen-bond donors (Lipinski definition) is 0. The lowest BCUT2D eigenvalue weighted by Crippen LogP contribution is -2.47. The molecule has 3 rings (SSSR count). The van der Waals surface area contributed by atoms with Crippen molar-refractivity contribution in [2.45, 2.75) is 33.8 Å². The summed E-state index contributed by atoms with van der Waals surface area (Å²) in [5.74, 6) is 0.127. The Morgan fingerprint density at radius 1 is 1.42 bits per heavy atom. The van der Waals surface area contributed by atoms with Crippen LogP contribution in [-0.2, 0) is 14.3 Å². The molecule has 7 heteroatoms. The summed E-state index contributed by atoms with van der Waals surface area (Å²) in [5, 5.41) is 2.93. The number of hydrogen-bond acceptors (Lipinski definition) is 6. The summed E-state index contributed by atoms with van der Waals surface area (Å²) in [7, 11) is 0. The van der Waals surface area contributed by atoms with Crippen molar-refractivity contribution in [3.63, 3.8) is 0 Å². The van der Waals surface area contributed by atoms with Gasteiger partial charge in [-0.05, 0) is 38.0 Å². The second-order valence-electron chi connectivity index (χ2n) is 6.70. The Hall–Kier alpha value is -2.41. The SMILES string of the molecule is Cc1nc(-c2ccc3c(c2)N(CC(=O)OCC(C)C)C(=O)C(C)O3)cs1. The molecule has 1 aromatic carbocycles. The standard InChI is InChI=1S/C19H22N2O4S/c1-11(2)9-24-18(22)8-21-16-7-14(15-10-26-13(4)20-15)5-6-17(16)25-12(3)19(21)23/h5-7,10-12H,8-9H2,1-4H3. The van der Waals surface area contributed by atoms with Crippen molar-refractivity contribution in [3.8, 4) is 17.0 Å². The summed E-state index contributed by atoms with van der Waals surface area (Å²) in [4.78, 5) is 30.7. The first-order valence-electron chi connectivity index (χ1n) is 8.55. The number of amides is 1. The van der Waals surface area contributed by atoms with E-state index in [0.717, 1.165) is 16.3 Å². The molecule has 2 heterocycles. The number of nitrogens with zero attached hydrogens (tertiary/aromatic N) is 2. The van der Waals surface area contributed by atoms with Crippen LogP contribution in [0.15, 0.2) is 23.6 Å². The van der Waals surface area contributed by atoms with Crippen molar-refractivity contribution < 1.29 is 19.1 Å². The Bertz CT molecular complexity index is 831. The second-order valence-corrected chi connectivity index (χ2v) is 7.76. The van der Waals surface area contributed by atoms with E-state index in [9.17, 15) is 9.59 Å². The molecule has 0 saturated heterocycles. The maximum absolute atomic E-state index is 12.6. The van der Waals surface area contributed by atoms with Crippen LogP contribution in [0, 0.1) is 12.8 Å². The molecule has 138 valence electrons. The van der Waals surface area contributed by atoms with Crippen molar-refractivity contribution in [1.82, 2.24) is 4.98 Å². The number of benzene rings is 1. The van der Waals surface area contributed by atoms with E-state index in [4.69, 9.17) is 9.47 Å². The maximum Gasteiger partial charge on any atom is 0.326 e. The molecule has 26 heavy (non-hydrogen) atoms. The molecule has 1 amide bonds. The zero-order chi connectivity index (χ0) is 18.8. The molecular formula is C19H22N2O4S. The summed E-state index contributed by atoms with van der Waals surface area (Å²) in [6.45, 7) is 7.75. The smallest absolute Gasteiger partial charge is 0.326 e. The Labute approximate surface area is 156 Å². The van der Waals surface area contributed by atoms with Crippen molar-refractivity contribution in [2.75, 3.05) is 18.1 Å². The van der Waals surface area contributed by atoms with E-state index >= 15 is 0 Å². The van der Waals surface area contributed by atoms with Gasteiger partial charge in [-0.3, -0.25) is 14.5 Å². The minimum absolute atomic E-state index is 0.133. The molecule has 0 N–H and O–H groups in total. The first kappa shape index (κ1) is 18.4. The quantitative estimate of drug-likeness (QED) is 0.750. The molecule has 0 fully saturated rings. The summed E-state index contributed by atoms with van der Waals surface area (Å²) >= 11 is 1.56. The van der Waals surface area contributed by atoms with Crippen molar-refractivity contribution in [3.05, 3.63) is 28.6 Å². The fourth-order valence-corrected chi connectivity index (χ4v) is 3.28. The van der Waals surface area contributed by atoms with Gasteiger partial charge in [0.05, 0.1) is 23.0 Å². The normalized spacial score (nSPS) is 16.4. The Kier molecular flexibility index (Phi) is 5.27. The first-order chi connectivity index (χ1) is 12.3. The highest BCUT2D eigenvalue weighted by atomic mass is 32.1. The number of fused-ring (bicyclic) bond motifs is 1. The number of aromatic nitrogens is 1. The van der Waals surface area contributed by atoms with E-state index in [1.807, 2.05) is 44.4 Å². The maximum atomic E-state index is 12.6. The van der Waals surface area contributed by atoms with Crippen LogP contribution in [0.1, 0.15) is 25.8 Å². The van der Waals surface area contributed by atoms with Gasteiger partial charge in [0.1, 0.15) is 12.3 Å². The molecule has 6 nitrogen and oxygen atoms in total. The third-order valence-electron chi connectivity index (χ3n) is 3.95. The predicted molar refractivity (Wildman–Crippen MR) is 101 cm³/mol. The summed E-state index contributed by atoms with van der Waals surface area (Å²) in [6.07, 6.45) is -0.646. The van der Waals surface area contributed by atoms with Gasteiger partial charge in [-0.1, -0.05) is 13.8 Å². The Morgan fingerprint density at radius 2 is 2.19 bits per heavy atom. The van der Waals surface area contributed by atoms with E-state index in [0.29, 0.717) is 18.0 Å². The van der Waals surface area contributed by atoms with Gasteiger partial charge in [0.25, 0.3) is 5.91 Å². The number of anilines is 1. The van der Waals surface area contributed by atoms with Gasteiger partial charge in [0, 0.05) is 10.9 Å². The van der Waals surface area contributed by atoms with Gasteiger partial charge in [-0.15, -0.1) is 11.3 Å². The molecule has 0 spiro atoms. The number of esters is 1. The van der Waals surface area contributed by atoms with Crippen LogP contribution in [0.2, 0.25) is 0 Å². The van der Waals surface area contributed by atoms with Crippen molar-refractivity contribution >= 4 is 28.9 Å². The van der Waals surface area contributed by atoms with Gasteiger partial charge in [-0.25, -0.2) is 4.98 Å². The molecule has 1 unspecified atom stereocenters. The highest BCUT2D eigenvalue weighted by molar-refractivity contribution is 7.09. The molecule has 0 saturated carbocycles. The number of thiazole rings is 1. The molecule has 1 aromatic heterocycles. The fourth-order valence-electron chi connectivity index (χ4n) is 2.66. The van der Waals surface area contributed by atoms with E-state index in [-0.39, 0.29) is 18.4 Å². The lowest BCUT2D eigenvalue weighted by molar-refractivity contribution is -0.144. The summed E-state index contributed by atoms with van der Waals surface area (Å²) < 4.78 is 10.9. The predicted octanol–water partition coefficient (Wildman–Crippen LogP) is 3.43. The number of ether oxygens (including phenoxy) is 2. The third kappa shape index (κ3) is 3.88. The zero-order valence-electron chi connectivity index (χ0n) is 15.3. The lowest BCUT2D eigenvalue weighted by Gasteiger charge is -2.32. The van der Waals surface area contributed by atoms with Crippen LogP contribution in [-0.4, -0.2) is 36.1 Å². The fraction of sp³-hybridized carbons (Fsp3) is 0.421. The second kappa shape index (κ2) is 7.45. The van der Waals surface area contributed by atoms with Crippen LogP contribution in [0.25, 0.3) is 11.3 Å². The van der Waals surface area contributed by atoms with Crippen LogP contribution < -0.4 is 9.64 Å². The zero-order valence-corrected chi connectivity index (χ0v) is 16.1. The molecule has 0 bridgehead atoms. The molecule has 0 radical (unpaired) electrons. The molecule has 2 aromatic rings. The van der Waals surface area contributed by atoms with Gasteiger partial charge in [-0.2, -0.15) is 0 Å². The monoisotopic (exact) mass is 374 g/mol. The molecule has 0 aliphatic carbocycles. The minimum atomic E-state index is -0.646. The Morgan fingerprint density at radius 3 is 2.85 bits per heavy atom. The van der Waals surface area contributed by atoms with E-state index < -0.39 is 12.1 Å². The molecule has 1 aliphatic rings. The highest BCUT2D eigenvalue weighted by Crippen LogP contribution is 2.37. The molecular weight excluding hydrogens is 352 g/mol. The van der Waals surface area contributed by atoms with Crippen LogP contribution in [0.4, 0.5) is 5.69 Å². The van der Waals surface area contributed by atoms with E-state index in [2.05, 4.69) is 4.98 Å².